The summed E-state index contributed by atoms with van der Waals surface area (Å²) < 4.78 is 12.1. The van der Waals surface area contributed by atoms with Crippen LogP contribution in [0, 0.1) is 0 Å². The van der Waals surface area contributed by atoms with Crippen molar-refractivity contribution >= 4 is 17.0 Å². The van der Waals surface area contributed by atoms with Crippen molar-refractivity contribution in [2.45, 2.75) is 25.4 Å². The summed E-state index contributed by atoms with van der Waals surface area (Å²) in [5.74, 6) is 1.02. The maximum atomic E-state index is 6.25. The first-order valence-corrected chi connectivity index (χ1v) is 9.61. The third-order valence-electron chi connectivity index (χ3n) is 5.19. The van der Waals surface area contributed by atoms with Gasteiger partial charge in [-0.25, -0.2) is 4.98 Å². The van der Waals surface area contributed by atoms with Crippen molar-refractivity contribution in [3.05, 3.63) is 66.4 Å². The van der Waals surface area contributed by atoms with Gasteiger partial charge in [-0.15, -0.1) is 0 Å². The quantitative estimate of drug-likeness (QED) is 0.554. The van der Waals surface area contributed by atoms with E-state index < -0.39 is 0 Å². The van der Waals surface area contributed by atoms with Crippen molar-refractivity contribution in [2.75, 3.05) is 12.3 Å². The molecule has 0 unspecified atom stereocenters. The molecular weight excluding hydrogens is 350 g/mol. The lowest BCUT2D eigenvalue weighted by Gasteiger charge is -2.11. The van der Waals surface area contributed by atoms with Crippen molar-refractivity contribution in [3.63, 3.8) is 0 Å². The Balaban J connectivity index is 1.78. The first-order chi connectivity index (χ1) is 13.8. The number of furan rings is 1. The molecule has 0 aliphatic carbocycles. The highest BCUT2D eigenvalue weighted by atomic mass is 16.5. The molecule has 0 spiro atoms. The van der Waals surface area contributed by atoms with Gasteiger partial charge in [0.05, 0.1) is 17.2 Å². The highest BCUT2D eigenvalue weighted by Crippen LogP contribution is 2.42. The molecule has 0 bridgehead atoms. The molecule has 0 radical (unpaired) electrons. The number of nitrogen functional groups attached to an aromatic ring is 1. The Morgan fingerprint density at radius 1 is 0.929 bits per heavy atom. The maximum absolute atomic E-state index is 6.25. The summed E-state index contributed by atoms with van der Waals surface area (Å²) in [5.41, 5.74) is 10.5. The fourth-order valence-electron chi connectivity index (χ4n) is 3.93. The van der Waals surface area contributed by atoms with Crippen LogP contribution in [0.25, 0.3) is 33.6 Å². The molecule has 1 fully saturated rings. The summed E-state index contributed by atoms with van der Waals surface area (Å²) in [6, 6.07) is 20.3. The summed E-state index contributed by atoms with van der Waals surface area (Å²) in [7, 11) is 0. The fraction of sp³-hybridized carbons (Fsp3) is 0.217. The number of anilines is 1. The van der Waals surface area contributed by atoms with Gasteiger partial charge in [0.15, 0.2) is 0 Å². The largest absolute Gasteiger partial charge is 0.437 e. The van der Waals surface area contributed by atoms with Crippen LogP contribution in [0.2, 0.25) is 0 Å². The van der Waals surface area contributed by atoms with Crippen LogP contribution in [0.15, 0.2) is 65.1 Å². The van der Waals surface area contributed by atoms with Crippen LogP contribution in [-0.2, 0) is 11.2 Å². The highest BCUT2D eigenvalue weighted by Gasteiger charge is 2.25. The lowest BCUT2D eigenvalue weighted by molar-refractivity contribution is 0.111. The lowest BCUT2D eigenvalue weighted by atomic mass is 9.97. The second kappa shape index (κ2) is 7.09. The number of ether oxygens (including phenoxy) is 1. The van der Waals surface area contributed by atoms with E-state index in [-0.39, 0.29) is 12.1 Å². The Bertz CT molecular complexity index is 1100. The zero-order valence-electron chi connectivity index (χ0n) is 15.5. The molecule has 2 aromatic heterocycles. The summed E-state index contributed by atoms with van der Waals surface area (Å²) >= 11 is 0. The number of fused-ring (bicyclic) bond motifs is 1. The van der Waals surface area contributed by atoms with Gasteiger partial charge in [-0.05, 0) is 18.4 Å². The molecular formula is C23H21N3O2. The highest BCUT2D eigenvalue weighted by molar-refractivity contribution is 6.02. The molecule has 1 aliphatic heterocycles. The van der Waals surface area contributed by atoms with E-state index in [1.54, 1.807) is 0 Å². The Hall–Kier alpha value is -3.18. The van der Waals surface area contributed by atoms with Gasteiger partial charge in [0.25, 0.3) is 0 Å². The number of aromatic nitrogens is 2. The number of nitrogens with two attached hydrogens (primary N) is 1. The predicted molar refractivity (Wildman–Crippen MR) is 110 cm³/mol. The first-order valence-electron chi connectivity index (χ1n) is 9.61. The van der Waals surface area contributed by atoms with Gasteiger partial charge in [-0.1, -0.05) is 60.7 Å². The maximum Gasteiger partial charge on any atom is 0.232 e. The van der Waals surface area contributed by atoms with E-state index in [2.05, 4.69) is 22.1 Å². The summed E-state index contributed by atoms with van der Waals surface area (Å²) in [6.45, 7) is 0.806. The van der Waals surface area contributed by atoms with E-state index in [4.69, 9.17) is 14.9 Å². The number of hydrogen-bond donors (Lipinski definition) is 1. The molecule has 4 aromatic rings. The van der Waals surface area contributed by atoms with Gasteiger partial charge in [0, 0.05) is 24.2 Å². The molecule has 5 rings (SSSR count). The Labute approximate surface area is 163 Å². The molecule has 2 N–H and O–H groups in total. The van der Waals surface area contributed by atoms with Crippen LogP contribution in [-0.4, -0.2) is 22.7 Å². The topological polar surface area (TPSA) is 74.2 Å². The van der Waals surface area contributed by atoms with Gasteiger partial charge in [0.2, 0.25) is 11.7 Å². The van der Waals surface area contributed by atoms with Crippen LogP contribution >= 0.6 is 0 Å². The fourth-order valence-corrected chi connectivity index (χ4v) is 3.93. The van der Waals surface area contributed by atoms with E-state index >= 15 is 0 Å². The van der Waals surface area contributed by atoms with Gasteiger partial charge < -0.3 is 14.9 Å². The molecule has 5 heteroatoms. The van der Waals surface area contributed by atoms with Crippen LogP contribution in [0.4, 0.5) is 5.95 Å². The predicted octanol–water partition coefficient (Wildman–Crippen LogP) is 4.86. The minimum Gasteiger partial charge on any atom is -0.437 e. The molecule has 5 nitrogen and oxygen atoms in total. The summed E-state index contributed by atoms with van der Waals surface area (Å²) in [5, 5.41) is 0.926. The lowest BCUT2D eigenvalue weighted by Crippen LogP contribution is -2.12. The number of nitrogens with zero attached hydrogens (tertiary/aromatic N) is 2. The van der Waals surface area contributed by atoms with Crippen LogP contribution in [0.3, 0.4) is 0 Å². The standard InChI is InChI=1S/C23H21N3O2/c24-23-25-18(14-17-12-7-13-27-17)20-19(15-8-3-1-4-9-15)21(28-22(20)26-23)16-10-5-2-6-11-16/h1-6,8-11,17H,7,12-14H2,(H2,24,25,26)/t17-/m1/s1. The SMILES string of the molecule is Nc1nc(C[C@H]2CCCO2)c2c(-c3ccccc3)c(-c3ccccc3)oc2n1. The van der Waals surface area contributed by atoms with E-state index in [1.807, 2.05) is 48.5 Å². The smallest absolute Gasteiger partial charge is 0.232 e. The van der Waals surface area contributed by atoms with Crippen molar-refractivity contribution in [1.29, 1.82) is 0 Å². The minimum absolute atomic E-state index is 0.163. The molecule has 1 atom stereocenters. The van der Waals surface area contributed by atoms with E-state index in [0.29, 0.717) is 12.1 Å². The second-order valence-corrected chi connectivity index (χ2v) is 7.09. The molecule has 0 saturated carbocycles. The molecule has 1 aliphatic rings. The van der Waals surface area contributed by atoms with Crippen molar-refractivity contribution < 1.29 is 9.15 Å². The minimum atomic E-state index is 0.163. The Morgan fingerprint density at radius 2 is 1.64 bits per heavy atom. The van der Waals surface area contributed by atoms with E-state index in [0.717, 1.165) is 53.0 Å². The number of benzene rings is 2. The molecule has 3 heterocycles. The molecule has 1 saturated heterocycles. The normalized spacial score (nSPS) is 16.6. The molecule has 28 heavy (non-hydrogen) atoms. The molecule has 140 valence electrons. The van der Waals surface area contributed by atoms with Gasteiger partial charge in [-0.2, -0.15) is 4.98 Å². The first kappa shape index (κ1) is 17.0. The average molecular weight is 371 g/mol. The number of rotatable bonds is 4. The van der Waals surface area contributed by atoms with Crippen molar-refractivity contribution in [3.8, 4) is 22.5 Å². The van der Waals surface area contributed by atoms with Crippen LogP contribution < -0.4 is 5.73 Å². The monoisotopic (exact) mass is 371 g/mol. The third-order valence-corrected chi connectivity index (χ3v) is 5.19. The van der Waals surface area contributed by atoms with Crippen molar-refractivity contribution in [1.82, 2.24) is 9.97 Å². The van der Waals surface area contributed by atoms with Gasteiger partial charge >= 0.3 is 0 Å². The van der Waals surface area contributed by atoms with Crippen LogP contribution in [0.1, 0.15) is 18.5 Å². The number of hydrogen-bond acceptors (Lipinski definition) is 5. The zero-order valence-corrected chi connectivity index (χ0v) is 15.5. The van der Waals surface area contributed by atoms with Gasteiger partial charge in [-0.3, -0.25) is 0 Å². The van der Waals surface area contributed by atoms with Crippen LogP contribution in [0.5, 0.6) is 0 Å². The Morgan fingerprint density at radius 3 is 2.32 bits per heavy atom. The van der Waals surface area contributed by atoms with E-state index in [9.17, 15) is 0 Å². The Kier molecular flexibility index (Phi) is 4.29. The molecule has 2 aromatic carbocycles. The second-order valence-electron chi connectivity index (χ2n) is 7.09. The molecule has 0 amide bonds. The zero-order chi connectivity index (χ0) is 18.9. The van der Waals surface area contributed by atoms with E-state index in [1.165, 1.54) is 0 Å². The third kappa shape index (κ3) is 3.04. The van der Waals surface area contributed by atoms with Gasteiger partial charge in [0.1, 0.15) is 5.76 Å². The average Bonchev–Trinajstić information content (AvgIpc) is 3.37. The van der Waals surface area contributed by atoms with Crippen molar-refractivity contribution in [2.24, 2.45) is 0 Å². The summed E-state index contributed by atoms with van der Waals surface area (Å²) in [6.07, 6.45) is 2.99. The summed E-state index contributed by atoms with van der Waals surface area (Å²) in [4.78, 5) is 8.99.